The fourth-order valence-corrected chi connectivity index (χ4v) is 4.65. The molecular formula is C18H19ClN4OS. The van der Waals surface area contributed by atoms with E-state index in [0.717, 1.165) is 28.1 Å². The molecule has 7 heteroatoms. The van der Waals surface area contributed by atoms with Crippen molar-refractivity contribution in [1.29, 1.82) is 0 Å². The van der Waals surface area contributed by atoms with E-state index in [1.54, 1.807) is 26.9 Å². The van der Waals surface area contributed by atoms with Crippen molar-refractivity contribution < 1.29 is 0 Å². The topological polar surface area (TPSA) is 52.2 Å². The molecule has 0 radical (unpaired) electrons. The first-order valence-corrected chi connectivity index (χ1v) is 9.86. The number of halogens is 1. The molecule has 1 aromatic carbocycles. The van der Waals surface area contributed by atoms with E-state index in [1.807, 2.05) is 31.3 Å². The lowest BCUT2D eigenvalue weighted by atomic mass is 10.1. The summed E-state index contributed by atoms with van der Waals surface area (Å²) in [6, 6.07) is 5.54. The summed E-state index contributed by atoms with van der Waals surface area (Å²) in [5.41, 5.74) is 1.79. The molecule has 0 atom stereocenters. The van der Waals surface area contributed by atoms with Gasteiger partial charge in [0.05, 0.1) is 5.69 Å². The summed E-state index contributed by atoms with van der Waals surface area (Å²) in [6.45, 7) is 1.90. The van der Waals surface area contributed by atoms with Gasteiger partial charge < -0.3 is 0 Å². The number of fused-ring (bicyclic) bond motifs is 1. The van der Waals surface area contributed by atoms with Crippen LogP contribution in [0.4, 0.5) is 0 Å². The molecule has 1 saturated carbocycles. The number of hydrogen-bond acceptors (Lipinski definition) is 4. The lowest BCUT2D eigenvalue weighted by molar-refractivity contribution is 0.622. The maximum absolute atomic E-state index is 12.9. The van der Waals surface area contributed by atoms with Gasteiger partial charge in [-0.05, 0) is 43.4 Å². The molecule has 0 amide bonds. The number of thioether (sulfide) groups is 1. The molecular weight excluding hydrogens is 356 g/mol. The second-order valence-corrected chi connectivity index (χ2v) is 7.89. The Labute approximate surface area is 155 Å². The average Bonchev–Trinajstić information content (AvgIpc) is 3.26. The number of hydrogen-bond donors (Lipinski definition) is 0. The molecule has 130 valence electrons. The average molecular weight is 375 g/mol. The molecule has 1 fully saturated rings. The van der Waals surface area contributed by atoms with Crippen LogP contribution in [0.25, 0.3) is 11.3 Å². The first-order valence-electron chi connectivity index (χ1n) is 8.50. The molecule has 0 bridgehead atoms. The number of aromatic nitrogens is 4. The van der Waals surface area contributed by atoms with Crippen molar-refractivity contribution in [3.63, 3.8) is 0 Å². The molecule has 1 aliphatic rings. The Balaban J connectivity index is 1.69. The maximum Gasteiger partial charge on any atom is 0.300 e. The van der Waals surface area contributed by atoms with E-state index in [2.05, 4.69) is 10.2 Å². The highest BCUT2D eigenvalue weighted by Gasteiger charge is 2.18. The number of rotatable bonds is 4. The summed E-state index contributed by atoms with van der Waals surface area (Å²) >= 11 is 7.88. The van der Waals surface area contributed by atoms with Crippen molar-refractivity contribution in [2.24, 2.45) is 5.92 Å². The Bertz CT molecular complexity index is 975. The highest BCUT2D eigenvalue weighted by molar-refractivity contribution is 7.99. The Kier molecular flexibility index (Phi) is 4.56. The maximum atomic E-state index is 12.9. The zero-order valence-electron chi connectivity index (χ0n) is 14.0. The van der Waals surface area contributed by atoms with Crippen LogP contribution in [0.15, 0.2) is 40.5 Å². The Morgan fingerprint density at radius 1 is 1.24 bits per heavy atom. The third-order valence-electron chi connectivity index (χ3n) is 4.86. The lowest BCUT2D eigenvalue weighted by Crippen LogP contribution is -2.21. The monoisotopic (exact) mass is 374 g/mol. The zero-order chi connectivity index (χ0) is 17.4. The van der Waals surface area contributed by atoms with Crippen LogP contribution >= 0.6 is 23.4 Å². The van der Waals surface area contributed by atoms with Gasteiger partial charge in [0.2, 0.25) is 5.65 Å². The Hall–Kier alpha value is -1.79. The summed E-state index contributed by atoms with van der Waals surface area (Å²) < 4.78 is 3.37. The SMILES string of the molecule is Cc1c(Cl)cccc1-n1ccn2c(SCC3CCCC3)nnc2c1=O. The van der Waals surface area contributed by atoms with Crippen molar-refractivity contribution >= 4 is 29.0 Å². The molecule has 5 nitrogen and oxygen atoms in total. The first-order chi connectivity index (χ1) is 12.1. The predicted octanol–water partition coefficient (Wildman–Crippen LogP) is 4.12. The molecule has 0 spiro atoms. The number of nitrogens with zero attached hydrogens (tertiary/aromatic N) is 4. The Morgan fingerprint density at radius 3 is 2.84 bits per heavy atom. The normalized spacial score (nSPS) is 15.3. The largest absolute Gasteiger partial charge is 0.300 e. The van der Waals surface area contributed by atoms with Crippen LogP contribution in [0.1, 0.15) is 31.2 Å². The zero-order valence-corrected chi connectivity index (χ0v) is 15.6. The highest BCUT2D eigenvalue weighted by Crippen LogP contribution is 2.30. The summed E-state index contributed by atoms with van der Waals surface area (Å²) in [4.78, 5) is 12.9. The van der Waals surface area contributed by atoms with Crippen molar-refractivity contribution in [3.05, 3.63) is 51.5 Å². The standard InChI is InChI=1S/C18H19ClN4OS/c1-12-14(19)7-4-8-15(12)22-9-10-23-16(17(22)24)20-21-18(23)25-11-13-5-2-3-6-13/h4,7-10,13H,2-3,5-6,11H2,1H3. The van der Waals surface area contributed by atoms with Crippen LogP contribution in [0.3, 0.4) is 0 Å². The van der Waals surface area contributed by atoms with Crippen molar-refractivity contribution in [2.45, 2.75) is 37.8 Å². The second kappa shape index (κ2) is 6.84. The molecule has 25 heavy (non-hydrogen) atoms. The van der Waals surface area contributed by atoms with Crippen LogP contribution in [-0.2, 0) is 0 Å². The van der Waals surface area contributed by atoms with E-state index in [4.69, 9.17) is 11.6 Å². The van der Waals surface area contributed by atoms with Gasteiger partial charge >= 0.3 is 5.56 Å². The third-order valence-corrected chi connectivity index (χ3v) is 6.45. The van der Waals surface area contributed by atoms with Gasteiger partial charge in [0, 0.05) is 23.2 Å². The molecule has 2 heterocycles. The quantitative estimate of drug-likeness (QED) is 0.644. The van der Waals surface area contributed by atoms with Gasteiger partial charge in [-0.15, -0.1) is 10.2 Å². The third kappa shape index (κ3) is 3.09. The van der Waals surface area contributed by atoms with Crippen LogP contribution in [-0.4, -0.2) is 24.9 Å². The minimum absolute atomic E-state index is 0.187. The molecule has 0 N–H and O–H groups in total. The van der Waals surface area contributed by atoms with E-state index in [-0.39, 0.29) is 5.56 Å². The minimum Gasteiger partial charge on any atom is -0.279 e. The van der Waals surface area contributed by atoms with E-state index in [0.29, 0.717) is 10.7 Å². The van der Waals surface area contributed by atoms with Gasteiger partial charge in [-0.1, -0.05) is 42.3 Å². The Morgan fingerprint density at radius 2 is 2.04 bits per heavy atom. The molecule has 0 unspecified atom stereocenters. The summed E-state index contributed by atoms with van der Waals surface area (Å²) in [5, 5.41) is 9.78. The van der Waals surface area contributed by atoms with Gasteiger partial charge in [0.25, 0.3) is 0 Å². The van der Waals surface area contributed by atoms with Crippen molar-refractivity contribution in [2.75, 3.05) is 5.75 Å². The van der Waals surface area contributed by atoms with E-state index < -0.39 is 0 Å². The fourth-order valence-electron chi connectivity index (χ4n) is 3.38. The summed E-state index contributed by atoms with van der Waals surface area (Å²) in [5.74, 6) is 1.80. The van der Waals surface area contributed by atoms with Gasteiger partial charge in [0.1, 0.15) is 0 Å². The van der Waals surface area contributed by atoms with Crippen LogP contribution in [0.5, 0.6) is 0 Å². The van der Waals surface area contributed by atoms with E-state index in [1.165, 1.54) is 25.7 Å². The molecule has 0 saturated heterocycles. The van der Waals surface area contributed by atoms with E-state index >= 15 is 0 Å². The predicted molar refractivity (Wildman–Crippen MR) is 101 cm³/mol. The van der Waals surface area contributed by atoms with Crippen molar-refractivity contribution in [1.82, 2.24) is 19.2 Å². The highest BCUT2D eigenvalue weighted by atomic mass is 35.5. The molecule has 3 aromatic rings. The minimum atomic E-state index is -0.187. The number of benzene rings is 1. The van der Waals surface area contributed by atoms with Crippen LogP contribution < -0.4 is 5.56 Å². The molecule has 1 aliphatic carbocycles. The molecule has 2 aromatic heterocycles. The second-order valence-electron chi connectivity index (χ2n) is 6.49. The summed E-state index contributed by atoms with van der Waals surface area (Å²) in [7, 11) is 0. The summed E-state index contributed by atoms with van der Waals surface area (Å²) in [6.07, 6.45) is 8.87. The van der Waals surface area contributed by atoms with Crippen molar-refractivity contribution in [3.8, 4) is 5.69 Å². The molecule has 0 aliphatic heterocycles. The first kappa shape index (κ1) is 16.7. The molecule has 4 rings (SSSR count). The smallest absolute Gasteiger partial charge is 0.279 e. The van der Waals surface area contributed by atoms with Gasteiger partial charge in [-0.25, -0.2) is 0 Å². The van der Waals surface area contributed by atoms with E-state index in [9.17, 15) is 4.79 Å². The van der Waals surface area contributed by atoms with Gasteiger partial charge in [0.15, 0.2) is 5.16 Å². The van der Waals surface area contributed by atoms with Gasteiger partial charge in [-0.2, -0.15) is 0 Å². The lowest BCUT2D eigenvalue weighted by Gasteiger charge is -2.11. The van der Waals surface area contributed by atoms with Gasteiger partial charge in [-0.3, -0.25) is 13.8 Å². The van der Waals surface area contributed by atoms with Crippen LogP contribution in [0.2, 0.25) is 5.02 Å². The fraction of sp³-hybridized carbons (Fsp3) is 0.389. The van der Waals surface area contributed by atoms with Crippen LogP contribution in [0, 0.1) is 12.8 Å².